The first kappa shape index (κ1) is 32.1. The van der Waals surface area contributed by atoms with Gasteiger partial charge in [0.05, 0.1) is 11.9 Å². The third-order valence-electron chi connectivity index (χ3n) is 7.49. The van der Waals surface area contributed by atoms with Gasteiger partial charge in [0.15, 0.2) is 5.03 Å². The van der Waals surface area contributed by atoms with E-state index in [4.69, 9.17) is 4.74 Å². The molecule has 0 saturated carbocycles. The molecule has 4 rings (SSSR count). The fraction of sp³-hybridized carbons (Fsp3) is 0.419. The van der Waals surface area contributed by atoms with Gasteiger partial charge in [0.1, 0.15) is 11.4 Å². The highest BCUT2D eigenvalue weighted by Crippen LogP contribution is 2.48. The number of sulfonamides is 1. The Hall–Kier alpha value is -3.80. The van der Waals surface area contributed by atoms with E-state index in [9.17, 15) is 31.5 Å². The van der Waals surface area contributed by atoms with Gasteiger partial charge in [-0.1, -0.05) is 63.2 Å². The molecule has 2 heterocycles. The molecule has 1 aliphatic heterocycles. The number of nitrogens with one attached hydrogen (secondary N) is 1. The van der Waals surface area contributed by atoms with Gasteiger partial charge in [-0.25, -0.2) is 9.78 Å². The SMILES string of the molecule is Cn1cnc(S(=O)(=O)Nc2cccc(C(C3=C(O)CC(CCc4ccccc4)(CCC(F)(F)F)OC3=O)C(C)(C)C)c2)c1. The summed E-state index contributed by atoms with van der Waals surface area (Å²) in [5.74, 6) is -1.99. The lowest BCUT2D eigenvalue weighted by atomic mass is 9.70. The number of rotatable bonds is 10. The molecule has 2 aromatic carbocycles. The summed E-state index contributed by atoms with van der Waals surface area (Å²) in [6.07, 6.45) is -3.22. The average molecular weight is 620 g/mol. The number of aliphatic hydroxyl groups excluding tert-OH is 1. The van der Waals surface area contributed by atoms with Crippen LogP contribution in [0.1, 0.15) is 63.5 Å². The van der Waals surface area contributed by atoms with E-state index in [2.05, 4.69) is 9.71 Å². The number of hydrogen-bond donors (Lipinski definition) is 2. The quantitative estimate of drug-likeness (QED) is 0.241. The fourth-order valence-corrected chi connectivity index (χ4v) is 6.53. The minimum atomic E-state index is -4.47. The average Bonchev–Trinajstić information content (AvgIpc) is 3.35. The van der Waals surface area contributed by atoms with Gasteiger partial charge < -0.3 is 14.4 Å². The normalized spacial score (nSPS) is 18.8. The van der Waals surface area contributed by atoms with Gasteiger partial charge in [0.2, 0.25) is 0 Å². The molecule has 0 bridgehead atoms. The monoisotopic (exact) mass is 619 g/mol. The number of esters is 1. The van der Waals surface area contributed by atoms with Crippen LogP contribution in [0.4, 0.5) is 18.9 Å². The maximum absolute atomic E-state index is 13.7. The summed E-state index contributed by atoms with van der Waals surface area (Å²) in [5.41, 5.74) is -0.685. The molecule has 43 heavy (non-hydrogen) atoms. The topological polar surface area (TPSA) is 111 Å². The van der Waals surface area contributed by atoms with Gasteiger partial charge in [-0.15, -0.1) is 0 Å². The zero-order valence-corrected chi connectivity index (χ0v) is 25.3. The molecule has 2 atom stereocenters. The standard InChI is InChI=1S/C31H36F3N3O5S/c1-29(2,3)27(22-11-8-12-23(17-22)36-43(40,41)25-19-37(4)20-35-25)26-24(38)18-30(42-28(26)39,15-16-31(32,33)34)14-13-21-9-6-5-7-10-21/h5-12,17,19-20,27,36,38H,13-16,18H2,1-4H3. The molecular weight excluding hydrogens is 583 g/mol. The zero-order chi connectivity index (χ0) is 31.6. The number of cyclic esters (lactones) is 1. The van der Waals surface area contributed by atoms with E-state index in [1.165, 1.54) is 17.1 Å². The van der Waals surface area contributed by atoms with E-state index in [1.807, 2.05) is 51.1 Å². The molecule has 0 fully saturated rings. The van der Waals surface area contributed by atoms with E-state index in [1.54, 1.807) is 31.3 Å². The first-order valence-electron chi connectivity index (χ1n) is 13.8. The molecule has 8 nitrogen and oxygen atoms in total. The van der Waals surface area contributed by atoms with Crippen LogP contribution in [0.5, 0.6) is 0 Å². The van der Waals surface area contributed by atoms with E-state index in [-0.39, 0.29) is 34.9 Å². The van der Waals surface area contributed by atoms with Crippen molar-refractivity contribution in [1.82, 2.24) is 9.55 Å². The highest BCUT2D eigenvalue weighted by atomic mass is 32.2. The van der Waals surface area contributed by atoms with Gasteiger partial charge in [-0.05, 0) is 47.9 Å². The van der Waals surface area contributed by atoms with Crippen LogP contribution in [0.3, 0.4) is 0 Å². The Kier molecular flexibility index (Phi) is 9.01. The number of nitrogens with zero attached hydrogens (tertiary/aromatic N) is 2. The van der Waals surface area contributed by atoms with E-state index >= 15 is 0 Å². The van der Waals surface area contributed by atoms with Crippen molar-refractivity contribution >= 4 is 21.7 Å². The molecule has 232 valence electrons. The van der Waals surface area contributed by atoms with Gasteiger partial charge in [0.25, 0.3) is 10.0 Å². The van der Waals surface area contributed by atoms with Crippen molar-refractivity contribution in [2.75, 3.05) is 4.72 Å². The third-order valence-corrected chi connectivity index (χ3v) is 8.76. The maximum atomic E-state index is 13.7. The smallest absolute Gasteiger partial charge is 0.389 e. The number of aromatic nitrogens is 2. The number of aliphatic hydroxyl groups is 1. The summed E-state index contributed by atoms with van der Waals surface area (Å²) < 4.78 is 75.6. The van der Waals surface area contributed by atoms with Crippen molar-refractivity contribution in [1.29, 1.82) is 0 Å². The summed E-state index contributed by atoms with van der Waals surface area (Å²) >= 11 is 0. The molecule has 3 aromatic rings. The van der Waals surface area contributed by atoms with Crippen LogP contribution in [0, 0.1) is 5.41 Å². The van der Waals surface area contributed by atoms with Crippen molar-refractivity contribution in [3.05, 3.63) is 89.6 Å². The molecule has 0 spiro atoms. The molecule has 0 amide bonds. The summed E-state index contributed by atoms with van der Waals surface area (Å²) in [6, 6.07) is 15.6. The Morgan fingerprint density at radius 3 is 2.37 bits per heavy atom. The van der Waals surface area contributed by atoms with Gasteiger partial charge >= 0.3 is 12.1 Å². The highest BCUT2D eigenvalue weighted by Gasteiger charge is 2.47. The first-order chi connectivity index (χ1) is 20.0. The van der Waals surface area contributed by atoms with Crippen LogP contribution < -0.4 is 4.72 Å². The van der Waals surface area contributed by atoms with Crippen LogP contribution in [-0.2, 0) is 33.0 Å². The van der Waals surface area contributed by atoms with Gasteiger partial charge in [-0.2, -0.15) is 21.6 Å². The number of imidazole rings is 1. The second kappa shape index (κ2) is 12.1. The van der Waals surface area contributed by atoms with Crippen LogP contribution >= 0.6 is 0 Å². The van der Waals surface area contributed by atoms with Gasteiger partial charge in [0, 0.05) is 37.7 Å². The number of anilines is 1. The Balaban J connectivity index is 1.68. The first-order valence-corrected chi connectivity index (χ1v) is 15.3. The van der Waals surface area contributed by atoms with Crippen molar-refractivity contribution < 1.29 is 36.2 Å². The highest BCUT2D eigenvalue weighted by molar-refractivity contribution is 7.92. The number of carbonyl (C=O) groups is 1. The predicted octanol–water partition coefficient (Wildman–Crippen LogP) is 6.82. The number of ether oxygens (including phenoxy) is 1. The van der Waals surface area contributed by atoms with Crippen LogP contribution in [0.2, 0.25) is 0 Å². The van der Waals surface area contributed by atoms with Crippen molar-refractivity contribution in [3.8, 4) is 0 Å². The molecule has 0 aliphatic carbocycles. The minimum absolute atomic E-state index is 0.0559. The van der Waals surface area contributed by atoms with Crippen LogP contribution in [-0.4, -0.2) is 40.8 Å². The number of aryl methyl sites for hydroxylation is 2. The molecule has 1 aromatic heterocycles. The third kappa shape index (κ3) is 7.98. The fourth-order valence-electron chi connectivity index (χ4n) is 5.50. The molecule has 12 heteroatoms. The second-order valence-electron chi connectivity index (χ2n) is 12.1. The minimum Gasteiger partial charge on any atom is -0.512 e. The lowest BCUT2D eigenvalue weighted by Crippen LogP contribution is -2.43. The lowest BCUT2D eigenvalue weighted by molar-refractivity contribution is -0.174. The van der Waals surface area contributed by atoms with E-state index in [0.29, 0.717) is 12.0 Å². The Bertz CT molecular complexity index is 1590. The number of alkyl halides is 3. The largest absolute Gasteiger partial charge is 0.512 e. The Morgan fingerprint density at radius 1 is 1.09 bits per heavy atom. The molecule has 0 saturated heterocycles. The Labute approximate surface area is 249 Å². The molecule has 2 N–H and O–H groups in total. The van der Waals surface area contributed by atoms with E-state index < -0.39 is 51.9 Å². The van der Waals surface area contributed by atoms with Crippen LogP contribution in [0.25, 0.3) is 0 Å². The molecule has 2 unspecified atom stereocenters. The summed E-state index contributed by atoms with van der Waals surface area (Å²) in [6.45, 7) is 5.53. The summed E-state index contributed by atoms with van der Waals surface area (Å²) in [7, 11) is -2.36. The number of carbonyl (C=O) groups excluding carboxylic acids is 1. The molecule has 1 aliphatic rings. The molecular formula is C31H36F3N3O5S. The zero-order valence-electron chi connectivity index (χ0n) is 24.5. The van der Waals surface area contributed by atoms with E-state index in [0.717, 1.165) is 5.56 Å². The molecule has 0 radical (unpaired) electrons. The number of hydrogen-bond acceptors (Lipinski definition) is 6. The van der Waals surface area contributed by atoms with Crippen molar-refractivity contribution in [2.45, 2.75) is 75.6 Å². The summed E-state index contributed by atoms with van der Waals surface area (Å²) in [5, 5.41) is 11.2. The second-order valence-corrected chi connectivity index (χ2v) is 13.7. The van der Waals surface area contributed by atoms with Gasteiger partial charge in [-0.3, -0.25) is 4.72 Å². The lowest BCUT2D eigenvalue weighted by Gasteiger charge is -2.41. The number of benzene rings is 2. The predicted molar refractivity (Wildman–Crippen MR) is 156 cm³/mol. The van der Waals surface area contributed by atoms with Crippen LogP contribution in [0.15, 0.2) is 83.5 Å². The number of halogens is 3. The summed E-state index contributed by atoms with van der Waals surface area (Å²) in [4.78, 5) is 17.6. The van der Waals surface area contributed by atoms with Crippen molar-refractivity contribution in [2.24, 2.45) is 12.5 Å². The Morgan fingerprint density at radius 2 is 1.79 bits per heavy atom. The van der Waals surface area contributed by atoms with Crippen molar-refractivity contribution in [3.63, 3.8) is 0 Å². The maximum Gasteiger partial charge on any atom is 0.389 e.